The average Bonchev–Trinajstić information content (AvgIpc) is 3.31. The number of ether oxygens (including phenoxy) is 2. The molecule has 192 valence electrons. The van der Waals surface area contributed by atoms with Crippen LogP contribution in [0.5, 0.6) is 5.75 Å². The van der Waals surface area contributed by atoms with Gasteiger partial charge in [-0.05, 0) is 41.8 Å². The molecule has 1 unspecified atom stereocenters. The number of nitrogens with zero attached hydrogens (tertiary/aromatic N) is 2. The Morgan fingerprint density at radius 2 is 1.97 bits per heavy atom. The molecule has 6 rings (SSSR count). The zero-order chi connectivity index (χ0) is 26.4. The summed E-state index contributed by atoms with van der Waals surface area (Å²) < 4.78 is 12.0. The number of benzene rings is 2. The lowest BCUT2D eigenvalue weighted by Gasteiger charge is -2.21. The van der Waals surface area contributed by atoms with Crippen LogP contribution in [0.15, 0.2) is 59.4 Å². The predicted octanol–water partition coefficient (Wildman–Crippen LogP) is 2.77. The first kappa shape index (κ1) is 23.9. The van der Waals surface area contributed by atoms with Crippen LogP contribution >= 0.6 is 0 Å². The van der Waals surface area contributed by atoms with Crippen LogP contribution in [-0.2, 0) is 40.4 Å². The van der Waals surface area contributed by atoms with Crippen molar-refractivity contribution in [3.8, 4) is 17.1 Å². The molecule has 1 amide bonds. The van der Waals surface area contributed by atoms with Crippen molar-refractivity contribution in [3.63, 3.8) is 0 Å². The van der Waals surface area contributed by atoms with Gasteiger partial charge in [-0.1, -0.05) is 30.3 Å². The maximum absolute atomic E-state index is 13.4. The van der Waals surface area contributed by atoms with Gasteiger partial charge in [0, 0.05) is 29.5 Å². The van der Waals surface area contributed by atoms with Gasteiger partial charge in [-0.3, -0.25) is 9.59 Å². The van der Waals surface area contributed by atoms with Crippen LogP contribution in [0.4, 0.5) is 0 Å². The van der Waals surface area contributed by atoms with E-state index in [4.69, 9.17) is 14.5 Å². The van der Waals surface area contributed by atoms with Gasteiger partial charge in [0.1, 0.15) is 12.4 Å². The van der Waals surface area contributed by atoms with Crippen molar-refractivity contribution in [2.24, 2.45) is 0 Å². The Kier molecular flexibility index (Phi) is 5.92. The molecule has 0 saturated carbocycles. The molecular weight excluding hydrogens is 486 g/mol. The Bertz CT molecular complexity index is 1660. The third-order valence-electron chi connectivity index (χ3n) is 7.23. The maximum Gasteiger partial charge on any atom is 0.340 e. The van der Waals surface area contributed by atoms with E-state index in [1.807, 2.05) is 42.5 Å². The van der Waals surface area contributed by atoms with Crippen molar-refractivity contribution in [2.45, 2.75) is 38.6 Å². The number of aryl methyl sites for hydroxylation is 1. The van der Waals surface area contributed by atoms with Gasteiger partial charge in [-0.25, -0.2) is 9.78 Å². The highest BCUT2D eigenvalue weighted by Gasteiger charge is 2.34. The predicted molar refractivity (Wildman–Crippen MR) is 138 cm³/mol. The largest absolute Gasteiger partial charge is 0.497 e. The van der Waals surface area contributed by atoms with E-state index in [0.717, 1.165) is 22.1 Å². The Balaban J connectivity index is 1.39. The van der Waals surface area contributed by atoms with Crippen LogP contribution < -0.4 is 15.6 Å². The molecule has 9 heteroatoms. The number of aliphatic hydroxyl groups excluding tert-OH is 1. The van der Waals surface area contributed by atoms with E-state index in [9.17, 15) is 19.5 Å². The quantitative estimate of drug-likeness (QED) is 0.337. The molecule has 4 aromatic rings. The first-order valence-corrected chi connectivity index (χ1v) is 12.4. The average molecular weight is 512 g/mol. The van der Waals surface area contributed by atoms with Gasteiger partial charge in [0.25, 0.3) is 5.56 Å². The standard InChI is InChI=1S/C29H25N3O6/c1-37-17-8-9-23-18(11-17)20(13-30-25(33)10-7-16-5-3-2-4-6-16)21-14-32-24(26(21)31-23)12-19-22(28(32)35)15-38-29(36)27(19)34/h2-6,8-9,11-12,27,34H,7,10,13-15H2,1H3,(H,30,33). The number of aromatic nitrogens is 2. The van der Waals surface area contributed by atoms with Crippen molar-refractivity contribution >= 4 is 22.8 Å². The number of amides is 1. The molecule has 2 aliphatic heterocycles. The third-order valence-corrected chi connectivity index (χ3v) is 7.23. The summed E-state index contributed by atoms with van der Waals surface area (Å²) in [6, 6.07) is 17.0. The smallest absolute Gasteiger partial charge is 0.340 e. The maximum atomic E-state index is 13.4. The number of fused-ring (bicyclic) bond motifs is 5. The number of carbonyl (C=O) groups is 2. The summed E-state index contributed by atoms with van der Waals surface area (Å²) in [5.74, 6) is -0.215. The number of esters is 1. The molecular formula is C29H25N3O6. The lowest BCUT2D eigenvalue weighted by Crippen LogP contribution is -2.32. The van der Waals surface area contributed by atoms with Crippen molar-refractivity contribution in [2.75, 3.05) is 7.11 Å². The van der Waals surface area contributed by atoms with E-state index < -0.39 is 12.1 Å². The second-order valence-corrected chi connectivity index (χ2v) is 9.43. The van der Waals surface area contributed by atoms with Gasteiger partial charge < -0.3 is 24.5 Å². The fraction of sp³-hybridized carbons (Fsp3) is 0.241. The van der Waals surface area contributed by atoms with Crippen LogP contribution in [0.3, 0.4) is 0 Å². The second-order valence-electron chi connectivity index (χ2n) is 9.43. The number of cyclic esters (lactones) is 1. The summed E-state index contributed by atoms with van der Waals surface area (Å²) in [6.07, 6.45) is -0.545. The van der Waals surface area contributed by atoms with Gasteiger partial charge in [0.15, 0.2) is 6.10 Å². The number of methoxy groups -OCH3 is 1. The van der Waals surface area contributed by atoms with E-state index in [1.54, 1.807) is 23.8 Å². The summed E-state index contributed by atoms with van der Waals surface area (Å²) >= 11 is 0. The van der Waals surface area contributed by atoms with Crippen molar-refractivity contribution in [1.82, 2.24) is 14.9 Å². The van der Waals surface area contributed by atoms with E-state index in [-0.39, 0.29) is 42.3 Å². The topological polar surface area (TPSA) is 120 Å². The van der Waals surface area contributed by atoms with Gasteiger partial charge in [-0.2, -0.15) is 0 Å². The third kappa shape index (κ3) is 4.01. The number of hydrogen-bond acceptors (Lipinski definition) is 7. The molecule has 0 bridgehead atoms. The zero-order valence-corrected chi connectivity index (χ0v) is 20.7. The van der Waals surface area contributed by atoms with E-state index >= 15 is 0 Å². The van der Waals surface area contributed by atoms with Crippen molar-refractivity contribution < 1.29 is 24.2 Å². The highest BCUT2D eigenvalue weighted by atomic mass is 16.5. The second kappa shape index (κ2) is 9.42. The minimum absolute atomic E-state index is 0.0858. The highest BCUT2D eigenvalue weighted by Crippen LogP contribution is 2.38. The van der Waals surface area contributed by atoms with Crippen molar-refractivity contribution in [1.29, 1.82) is 0 Å². The molecule has 2 aromatic carbocycles. The molecule has 0 fully saturated rings. The van der Waals surface area contributed by atoms with E-state index in [0.29, 0.717) is 35.5 Å². The van der Waals surface area contributed by atoms with Gasteiger partial charge in [-0.15, -0.1) is 0 Å². The molecule has 0 saturated heterocycles. The summed E-state index contributed by atoms with van der Waals surface area (Å²) in [5, 5.41) is 14.2. The fourth-order valence-electron chi connectivity index (χ4n) is 5.19. The van der Waals surface area contributed by atoms with E-state index in [1.165, 1.54) is 0 Å². The fourth-order valence-corrected chi connectivity index (χ4v) is 5.19. The Morgan fingerprint density at radius 3 is 2.76 bits per heavy atom. The zero-order valence-electron chi connectivity index (χ0n) is 20.7. The first-order valence-electron chi connectivity index (χ1n) is 12.4. The summed E-state index contributed by atoms with van der Waals surface area (Å²) in [6.45, 7) is 0.308. The minimum Gasteiger partial charge on any atom is -0.497 e. The number of carbonyl (C=O) groups excluding carboxylic acids is 2. The lowest BCUT2D eigenvalue weighted by atomic mass is 9.98. The summed E-state index contributed by atoms with van der Waals surface area (Å²) in [4.78, 5) is 42.9. The van der Waals surface area contributed by atoms with Crippen LogP contribution in [0, 0.1) is 0 Å². The van der Waals surface area contributed by atoms with Crippen molar-refractivity contribution in [3.05, 3.63) is 92.8 Å². The van der Waals surface area contributed by atoms with Crippen LogP contribution in [0.1, 0.15) is 40.3 Å². The lowest BCUT2D eigenvalue weighted by molar-refractivity contribution is -0.157. The Labute approximate surface area is 217 Å². The molecule has 38 heavy (non-hydrogen) atoms. The van der Waals surface area contributed by atoms with Gasteiger partial charge >= 0.3 is 5.97 Å². The first-order chi connectivity index (χ1) is 18.4. The molecule has 0 radical (unpaired) electrons. The molecule has 2 N–H and O–H groups in total. The Morgan fingerprint density at radius 1 is 1.16 bits per heavy atom. The molecule has 2 aliphatic rings. The number of rotatable bonds is 6. The van der Waals surface area contributed by atoms with Gasteiger partial charge in [0.2, 0.25) is 5.91 Å². The van der Waals surface area contributed by atoms with Crippen LogP contribution in [0.2, 0.25) is 0 Å². The molecule has 2 aromatic heterocycles. The molecule has 4 heterocycles. The number of hydrogen-bond donors (Lipinski definition) is 2. The molecule has 9 nitrogen and oxygen atoms in total. The molecule has 0 spiro atoms. The Hall–Kier alpha value is -4.50. The monoisotopic (exact) mass is 511 g/mol. The SMILES string of the molecule is COc1ccc2nc3c(c(CNC(=O)CCc4ccccc4)c2c1)Cn1c-3cc2c(c1=O)COC(=O)C2O. The van der Waals surface area contributed by atoms with Gasteiger partial charge in [0.05, 0.1) is 36.1 Å². The molecule has 1 atom stereocenters. The highest BCUT2D eigenvalue weighted by molar-refractivity contribution is 5.90. The van der Waals surface area contributed by atoms with Crippen LogP contribution in [-0.4, -0.2) is 33.6 Å². The molecule has 0 aliphatic carbocycles. The summed E-state index contributed by atoms with van der Waals surface area (Å²) in [5.41, 5.74) is 4.69. The van der Waals surface area contributed by atoms with E-state index in [2.05, 4.69) is 5.32 Å². The van der Waals surface area contributed by atoms with Crippen LogP contribution in [0.25, 0.3) is 22.3 Å². The number of aliphatic hydroxyl groups is 1. The number of nitrogens with one attached hydrogen (secondary N) is 1. The number of pyridine rings is 2. The minimum atomic E-state index is -1.52. The summed E-state index contributed by atoms with van der Waals surface area (Å²) in [7, 11) is 1.58. The normalized spacial score (nSPS) is 15.4.